The van der Waals surface area contributed by atoms with E-state index in [1.807, 2.05) is 75.5 Å². The van der Waals surface area contributed by atoms with Crippen LogP contribution in [0.25, 0.3) is 22.0 Å². The molecule has 7 rings (SSSR count). The normalized spacial score (nSPS) is 13.1. The number of carbonyl (C=O) groups is 2. The Morgan fingerprint density at radius 2 is 1.56 bits per heavy atom. The van der Waals surface area contributed by atoms with Crippen molar-refractivity contribution in [1.29, 1.82) is 0 Å². The zero-order chi connectivity index (χ0) is 43.3. The molecule has 6 aromatic rings. The number of nitrogens with zero attached hydrogens (tertiary/aromatic N) is 7. The molecule has 1 aliphatic carbocycles. The van der Waals surface area contributed by atoms with Gasteiger partial charge >= 0.3 is 18.4 Å². The zero-order valence-electron chi connectivity index (χ0n) is 34.0. The van der Waals surface area contributed by atoms with Gasteiger partial charge in [-0.1, -0.05) is 30.3 Å². The lowest BCUT2D eigenvalue weighted by molar-refractivity contribution is -0.274. The number of amides is 4. The number of ether oxygens (including phenoxy) is 1. The first-order valence-corrected chi connectivity index (χ1v) is 20.6. The third-order valence-electron chi connectivity index (χ3n) is 10.1. The highest BCUT2D eigenvalue weighted by Gasteiger charge is 2.31. The molecule has 61 heavy (non-hydrogen) atoms. The summed E-state index contributed by atoms with van der Waals surface area (Å²) in [4.78, 5) is 53.9. The number of nitrogens with two attached hydrogens (primary N) is 1. The van der Waals surface area contributed by atoms with Gasteiger partial charge in [0.1, 0.15) is 22.4 Å². The van der Waals surface area contributed by atoms with Gasteiger partial charge in [-0.2, -0.15) is 0 Å². The second kappa shape index (κ2) is 18.3. The summed E-state index contributed by atoms with van der Waals surface area (Å²) in [5.41, 5.74) is 11.9. The van der Waals surface area contributed by atoms with E-state index in [2.05, 4.69) is 40.3 Å². The molecule has 3 aromatic heterocycles. The highest BCUT2D eigenvalue weighted by molar-refractivity contribution is 7.13. The number of rotatable bonds is 14. The minimum absolute atomic E-state index is 0.175. The van der Waals surface area contributed by atoms with Crippen LogP contribution in [0, 0.1) is 6.92 Å². The SMILES string of the molecule is Cc1cnc(-c2cc(CN(C(=O)Nc3ccc(OC(F)(F)F)cc3)C(C)C)ccc2CC(C)N(Cc2cccc(-c3nccs3)c2)C(=O)Nc2cnc(C3CC3)nc2)nc1N. The second-order valence-corrected chi connectivity index (χ2v) is 16.1. The van der Waals surface area contributed by atoms with Gasteiger partial charge in [0, 0.05) is 71.2 Å². The minimum atomic E-state index is -4.83. The zero-order valence-corrected chi connectivity index (χ0v) is 34.8. The number of anilines is 3. The maximum absolute atomic E-state index is 14.2. The van der Waals surface area contributed by atoms with Gasteiger partial charge < -0.3 is 30.9 Å². The van der Waals surface area contributed by atoms with Gasteiger partial charge in [0.25, 0.3) is 0 Å². The van der Waals surface area contributed by atoms with E-state index in [1.165, 1.54) is 23.5 Å². The molecule has 316 valence electrons. The van der Waals surface area contributed by atoms with Crippen molar-refractivity contribution >= 4 is 40.6 Å². The van der Waals surface area contributed by atoms with E-state index in [1.54, 1.807) is 34.6 Å². The van der Waals surface area contributed by atoms with Crippen molar-refractivity contribution in [2.24, 2.45) is 0 Å². The first-order chi connectivity index (χ1) is 29.2. The lowest BCUT2D eigenvalue weighted by Crippen LogP contribution is -2.42. The Morgan fingerprint density at radius 3 is 2.21 bits per heavy atom. The average Bonchev–Trinajstić information content (AvgIpc) is 3.93. The van der Waals surface area contributed by atoms with Crippen molar-refractivity contribution in [2.45, 2.75) is 84.4 Å². The molecule has 3 heterocycles. The third-order valence-corrected chi connectivity index (χ3v) is 11.0. The number of benzene rings is 3. The molecule has 0 saturated heterocycles. The molecule has 0 aliphatic heterocycles. The van der Waals surface area contributed by atoms with Crippen LogP contribution in [0.5, 0.6) is 5.75 Å². The predicted molar refractivity (Wildman–Crippen MR) is 229 cm³/mol. The summed E-state index contributed by atoms with van der Waals surface area (Å²) in [7, 11) is 0. The van der Waals surface area contributed by atoms with E-state index in [4.69, 9.17) is 5.73 Å². The van der Waals surface area contributed by atoms with Crippen molar-refractivity contribution in [2.75, 3.05) is 16.4 Å². The number of nitrogens with one attached hydrogen (secondary N) is 2. The lowest BCUT2D eigenvalue weighted by Gasteiger charge is -2.31. The van der Waals surface area contributed by atoms with Gasteiger partial charge in [0.15, 0.2) is 5.82 Å². The van der Waals surface area contributed by atoms with E-state index < -0.39 is 18.1 Å². The Kier molecular flexibility index (Phi) is 12.8. The number of thiazole rings is 1. The number of alkyl halides is 3. The maximum atomic E-state index is 14.2. The Morgan fingerprint density at radius 1 is 0.869 bits per heavy atom. The number of nitrogen functional groups attached to an aromatic ring is 1. The monoisotopic (exact) mass is 850 g/mol. The van der Waals surface area contributed by atoms with Crippen LogP contribution in [-0.4, -0.2) is 65.2 Å². The molecule has 0 radical (unpaired) electrons. The van der Waals surface area contributed by atoms with Crippen LogP contribution in [0.2, 0.25) is 0 Å². The standard InChI is InChI=1S/C44H45F3N10O3S/c1-26(2)56(42(58)53-34-12-14-36(15-13-34)60-44(45,46)47)24-30-8-9-32(37(20-30)40-50-21-27(3)38(48)55-40)18-28(4)57(25-29-6-5-7-33(19-29)41-49-16-17-61-41)43(59)54-35-22-51-39(52-23-35)31-10-11-31/h5-9,12-17,19-23,26,28,31H,10-11,18,24-25H2,1-4H3,(H,53,58)(H,54,59)(H2,48,50,55). The predicted octanol–water partition coefficient (Wildman–Crippen LogP) is 9.83. The van der Waals surface area contributed by atoms with Crippen LogP contribution in [-0.2, 0) is 19.5 Å². The molecule has 0 bridgehead atoms. The summed E-state index contributed by atoms with van der Waals surface area (Å²) < 4.78 is 42.0. The summed E-state index contributed by atoms with van der Waals surface area (Å²) >= 11 is 1.54. The number of aromatic nitrogens is 5. The first-order valence-electron chi connectivity index (χ1n) is 19.7. The molecule has 1 unspecified atom stereocenters. The molecule has 3 aromatic carbocycles. The summed E-state index contributed by atoms with van der Waals surface area (Å²) in [5.74, 6) is 1.46. The highest BCUT2D eigenvalue weighted by Crippen LogP contribution is 2.38. The topological polar surface area (TPSA) is 164 Å². The first kappa shape index (κ1) is 42.5. The smallest absolute Gasteiger partial charge is 0.406 e. The molecule has 1 atom stereocenters. The maximum Gasteiger partial charge on any atom is 0.573 e. The van der Waals surface area contributed by atoms with Crippen LogP contribution >= 0.6 is 11.3 Å². The molecule has 4 N–H and O–H groups in total. The van der Waals surface area contributed by atoms with Crippen molar-refractivity contribution in [1.82, 2.24) is 34.7 Å². The molecular formula is C44H45F3N10O3S. The molecular weight excluding hydrogens is 806 g/mol. The van der Waals surface area contributed by atoms with Crippen LogP contribution in [0.1, 0.15) is 67.6 Å². The number of halogens is 3. The number of urea groups is 2. The highest BCUT2D eigenvalue weighted by atomic mass is 32.1. The van der Waals surface area contributed by atoms with Gasteiger partial charge in [0.05, 0.1) is 18.1 Å². The largest absolute Gasteiger partial charge is 0.573 e. The molecule has 1 fully saturated rings. The number of aryl methyl sites for hydroxylation is 1. The van der Waals surface area contributed by atoms with Gasteiger partial charge in [-0.15, -0.1) is 24.5 Å². The Balaban J connectivity index is 1.16. The summed E-state index contributed by atoms with van der Waals surface area (Å²) in [6.45, 7) is 7.98. The molecule has 17 heteroatoms. The lowest BCUT2D eigenvalue weighted by atomic mass is 9.96. The summed E-state index contributed by atoms with van der Waals surface area (Å²) in [6.07, 6.45) is 4.40. The Labute approximate surface area is 355 Å². The van der Waals surface area contributed by atoms with Crippen LogP contribution in [0.3, 0.4) is 0 Å². The third kappa shape index (κ3) is 11.2. The Bertz CT molecular complexity index is 2460. The fourth-order valence-corrected chi connectivity index (χ4v) is 7.32. The van der Waals surface area contributed by atoms with E-state index in [-0.39, 0.29) is 31.2 Å². The van der Waals surface area contributed by atoms with Crippen molar-refractivity contribution < 1.29 is 27.5 Å². The van der Waals surface area contributed by atoms with Crippen molar-refractivity contribution in [3.8, 4) is 27.7 Å². The van der Waals surface area contributed by atoms with E-state index >= 15 is 0 Å². The average molecular weight is 851 g/mol. The number of carbonyl (C=O) groups excluding carboxylic acids is 2. The van der Waals surface area contributed by atoms with Crippen LogP contribution < -0.4 is 21.1 Å². The molecule has 1 aliphatic rings. The molecule has 0 spiro atoms. The van der Waals surface area contributed by atoms with Gasteiger partial charge in [-0.25, -0.2) is 34.5 Å². The van der Waals surface area contributed by atoms with E-state index in [0.717, 1.165) is 58.1 Å². The summed E-state index contributed by atoms with van der Waals surface area (Å²) in [5, 5.41) is 8.58. The second-order valence-electron chi connectivity index (χ2n) is 15.2. The molecule has 1 saturated carbocycles. The summed E-state index contributed by atoms with van der Waals surface area (Å²) in [6, 6.07) is 17.3. The molecule has 13 nitrogen and oxygen atoms in total. The van der Waals surface area contributed by atoms with Crippen molar-refractivity contribution in [3.63, 3.8) is 0 Å². The quantitative estimate of drug-likeness (QED) is 0.0968. The van der Waals surface area contributed by atoms with Gasteiger partial charge in [-0.3, -0.25) is 0 Å². The Hall–Kier alpha value is -6.62. The van der Waals surface area contributed by atoms with E-state index in [0.29, 0.717) is 46.5 Å². The van der Waals surface area contributed by atoms with Crippen LogP contribution in [0.15, 0.2) is 96.9 Å². The van der Waals surface area contributed by atoms with Crippen LogP contribution in [0.4, 0.5) is 40.0 Å². The van der Waals surface area contributed by atoms with Gasteiger partial charge in [0.2, 0.25) is 0 Å². The fraction of sp³-hybridized carbons (Fsp3) is 0.295. The fourth-order valence-electron chi connectivity index (χ4n) is 6.69. The molecule has 4 amide bonds. The van der Waals surface area contributed by atoms with Gasteiger partial charge in [-0.05, 0) is 100 Å². The number of hydrogen-bond donors (Lipinski definition) is 3. The van der Waals surface area contributed by atoms with E-state index in [9.17, 15) is 22.8 Å². The van der Waals surface area contributed by atoms with Crippen molar-refractivity contribution in [3.05, 3.63) is 125 Å². The minimum Gasteiger partial charge on any atom is -0.406 e. The number of hydrogen-bond acceptors (Lipinski definition) is 10.